The van der Waals surface area contributed by atoms with E-state index in [1.165, 1.54) is 4.88 Å². The van der Waals surface area contributed by atoms with Crippen molar-refractivity contribution >= 4 is 34.7 Å². The van der Waals surface area contributed by atoms with E-state index < -0.39 is 0 Å². The summed E-state index contributed by atoms with van der Waals surface area (Å²) in [5.41, 5.74) is 0. The molecule has 1 saturated heterocycles. The van der Waals surface area contributed by atoms with Crippen molar-refractivity contribution in [2.75, 3.05) is 25.0 Å². The molecule has 1 atom stereocenters. The highest BCUT2D eigenvalue weighted by Gasteiger charge is 2.25. The molecule has 2 aromatic rings. The van der Waals surface area contributed by atoms with Gasteiger partial charge in [-0.1, -0.05) is 11.6 Å². The standard InChI is InChI=1S/C16H21ClN6S/c1-11-20-8-13(24-11)9-21-16(18-2)22-12-5-7-23(10-12)15-14(17)4-3-6-19-15/h3-4,6,8,12H,5,7,9-10H2,1-2H3,(H2,18,21,22). The van der Waals surface area contributed by atoms with Crippen molar-refractivity contribution in [3.8, 4) is 0 Å². The van der Waals surface area contributed by atoms with E-state index >= 15 is 0 Å². The van der Waals surface area contributed by atoms with Crippen LogP contribution >= 0.6 is 22.9 Å². The Morgan fingerprint density at radius 3 is 3.08 bits per heavy atom. The van der Waals surface area contributed by atoms with E-state index in [1.54, 1.807) is 24.6 Å². The highest BCUT2D eigenvalue weighted by atomic mass is 35.5. The predicted octanol–water partition coefficient (Wildman–Crippen LogP) is 2.44. The molecule has 3 heterocycles. The minimum absolute atomic E-state index is 0.317. The van der Waals surface area contributed by atoms with Gasteiger partial charge in [0.25, 0.3) is 0 Å². The van der Waals surface area contributed by atoms with Gasteiger partial charge < -0.3 is 15.5 Å². The van der Waals surface area contributed by atoms with E-state index in [4.69, 9.17) is 11.6 Å². The number of guanidine groups is 1. The van der Waals surface area contributed by atoms with Gasteiger partial charge in [0.05, 0.1) is 16.6 Å². The molecule has 1 unspecified atom stereocenters. The van der Waals surface area contributed by atoms with Crippen LogP contribution in [0.5, 0.6) is 0 Å². The molecular formula is C16H21ClN6S. The maximum absolute atomic E-state index is 6.24. The summed E-state index contributed by atoms with van der Waals surface area (Å²) in [4.78, 5) is 16.4. The number of pyridine rings is 1. The predicted molar refractivity (Wildman–Crippen MR) is 100 cm³/mol. The quantitative estimate of drug-likeness (QED) is 0.644. The second-order valence-electron chi connectivity index (χ2n) is 5.66. The normalized spacial score (nSPS) is 18.0. The zero-order valence-corrected chi connectivity index (χ0v) is 15.4. The Bertz CT molecular complexity index is 716. The van der Waals surface area contributed by atoms with Crippen molar-refractivity contribution in [1.82, 2.24) is 20.6 Å². The van der Waals surface area contributed by atoms with Gasteiger partial charge in [0.2, 0.25) is 0 Å². The second-order valence-corrected chi connectivity index (χ2v) is 7.38. The van der Waals surface area contributed by atoms with Crippen molar-refractivity contribution in [3.05, 3.63) is 39.4 Å². The first kappa shape index (κ1) is 17.0. The van der Waals surface area contributed by atoms with Crippen LogP contribution in [-0.4, -0.2) is 42.1 Å². The summed E-state index contributed by atoms with van der Waals surface area (Å²) >= 11 is 7.93. The molecule has 2 N–H and O–H groups in total. The fourth-order valence-corrected chi connectivity index (χ4v) is 3.70. The van der Waals surface area contributed by atoms with Crippen LogP contribution in [0.1, 0.15) is 16.3 Å². The van der Waals surface area contributed by atoms with Gasteiger partial charge in [0.1, 0.15) is 5.82 Å². The van der Waals surface area contributed by atoms with Gasteiger partial charge in [0.15, 0.2) is 5.96 Å². The van der Waals surface area contributed by atoms with Gasteiger partial charge in [-0.25, -0.2) is 9.97 Å². The van der Waals surface area contributed by atoms with E-state index in [0.717, 1.165) is 42.8 Å². The van der Waals surface area contributed by atoms with Gasteiger partial charge in [-0.05, 0) is 25.5 Å². The van der Waals surface area contributed by atoms with Crippen molar-refractivity contribution in [2.45, 2.75) is 25.9 Å². The molecule has 0 spiro atoms. The Kier molecular flexibility index (Phi) is 5.52. The lowest BCUT2D eigenvalue weighted by molar-refractivity contribution is 0.649. The van der Waals surface area contributed by atoms with Crippen LogP contribution in [-0.2, 0) is 6.54 Å². The van der Waals surface area contributed by atoms with Crippen LogP contribution < -0.4 is 15.5 Å². The Morgan fingerprint density at radius 2 is 2.38 bits per heavy atom. The number of hydrogen-bond acceptors (Lipinski definition) is 5. The number of aromatic nitrogens is 2. The van der Waals surface area contributed by atoms with Crippen LogP contribution in [0, 0.1) is 6.92 Å². The largest absolute Gasteiger partial charge is 0.353 e. The maximum Gasteiger partial charge on any atom is 0.191 e. The Labute approximate surface area is 151 Å². The lowest BCUT2D eigenvalue weighted by Crippen LogP contribution is -2.44. The van der Waals surface area contributed by atoms with Gasteiger partial charge >= 0.3 is 0 Å². The van der Waals surface area contributed by atoms with Crippen molar-refractivity contribution in [1.29, 1.82) is 0 Å². The third kappa shape index (κ3) is 4.15. The average Bonchev–Trinajstić information content (AvgIpc) is 3.21. The number of nitrogens with zero attached hydrogens (tertiary/aromatic N) is 4. The second kappa shape index (κ2) is 7.81. The molecule has 128 valence electrons. The van der Waals surface area contributed by atoms with Crippen molar-refractivity contribution < 1.29 is 0 Å². The average molecular weight is 365 g/mol. The molecule has 24 heavy (non-hydrogen) atoms. The van der Waals surface area contributed by atoms with Gasteiger partial charge in [0, 0.05) is 43.4 Å². The summed E-state index contributed by atoms with van der Waals surface area (Å²) in [5.74, 6) is 1.66. The van der Waals surface area contributed by atoms with E-state index in [0.29, 0.717) is 11.1 Å². The number of halogens is 1. The Balaban J connectivity index is 1.53. The topological polar surface area (TPSA) is 65.4 Å². The molecule has 0 bridgehead atoms. The number of thiazole rings is 1. The molecule has 0 radical (unpaired) electrons. The van der Waals surface area contributed by atoms with Gasteiger partial charge in [-0.15, -0.1) is 11.3 Å². The molecule has 6 nitrogen and oxygen atoms in total. The molecular weight excluding hydrogens is 344 g/mol. The Morgan fingerprint density at radius 1 is 1.50 bits per heavy atom. The zero-order valence-electron chi connectivity index (χ0n) is 13.8. The first-order valence-electron chi connectivity index (χ1n) is 7.89. The van der Waals surface area contributed by atoms with Gasteiger partial charge in [-0.3, -0.25) is 4.99 Å². The van der Waals surface area contributed by atoms with Crippen LogP contribution in [0.3, 0.4) is 0 Å². The number of hydrogen-bond donors (Lipinski definition) is 2. The number of aryl methyl sites for hydroxylation is 1. The summed E-state index contributed by atoms with van der Waals surface area (Å²) in [6.07, 6.45) is 4.70. The molecule has 8 heteroatoms. The minimum atomic E-state index is 0.317. The van der Waals surface area contributed by atoms with E-state index in [-0.39, 0.29) is 0 Å². The monoisotopic (exact) mass is 364 g/mol. The first-order chi connectivity index (χ1) is 11.7. The van der Waals surface area contributed by atoms with E-state index in [1.807, 2.05) is 25.3 Å². The molecule has 0 amide bonds. The van der Waals surface area contributed by atoms with Gasteiger partial charge in [-0.2, -0.15) is 0 Å². The molecule has 0 saturated carbocycles. The van der Waals surface area contributed by atoms with Crippen LogP contribution in [0.15, 0.2) is 29.5 Å². The third-order valence-corrected chi connectivity index (χ3v) is 5.10. The summed E-state index contributed by atoms with van der Waals surface area (Å²) in [6, 6.07) is 4.05. The van der Waals surface area contributed by atoms with Crippen molar-refractivity contribution in [3.63, 3.8) is 0 Å². The molecule has 2 aromatic heterocycles. The summed E-state index contributed by atoms with van der Waals surface area (Å²) < 4.78 is 0. The van der Waals surface area contributed by atoms with Crippen molar-refractivity contribution in [2.24, 2.45) is 4.99 Å². The summed E-state index contributed by atoms with van der Waals surface area (Å²) in [6.45, 7) is 4.53. The van der Waals surface area contributed by atoms with E-state index in [2.05, 4.69) is 30.5 Å². The summed E-state index contributed by atoms with van der Waals surface area (Å²) in [7, 11) is 1.79. The molecule has 0 aromatic carbocycles. The highest BCUT2D eigenvalue weighted by molar-refractivity contribution is 7.11. The zero-order chi connectivity index (χ0) is 16.9. The molecule has 1 fully saturated rings. The fraction of sp³-hybridized carbons (Fsp3) is 0.438. The third-order valence-electron chi connectivity index (χ3n) is 3.89. The number of anilines is 1. The van der Waals surface area contributed by atoms with Crippen LogP contribution in [0.2, 0.25) is 5.02 Å². The molecule has 0 aliphatic carbocycles. The number of rotatable bonds is 4. The molecule has 1 aliphatic heterocycles. The van der Waals surface area contributed by atoms with Crippen LogP contribution in [0.4, 0.5) is 5.82 Å². The molecule has 1 aliphatic rings. The maximum atomic E-state index is 6.24. The fourth-order valence-electron chi connectivity index (χ4n) is 2.73. The Hall–Kier alpha value is -1.86. The smallest absolute Gasteiger partial charge is 0.191 e. The van der Waals surface area contributed by atoms with E-state index in [9.17, 15) is 0 Å². The SMILES string of the molecule is CN=C(NCc1cnc(C)s1)NC1CCN(c2ncccc2Cl)C1. The minimum Gasteiger partial charge on any atom is -0.353 e. The lowest BCUT2D eigenvalue weighted by atomic mass is 10.3. The molecule has 3 rings (SSSR count). The number of aliphatic imine (C=N–C) groups is 1. The van der Waals surface area contributed by atoms with Crippen LogP contribution in [0.25, 0.3) is 0 Å². The number of nitrogens with one attached hydrogen (secondary N) is 2. The first-order valence-corrected chi connectivity index (χ1v) is 9.09. The lowest BCUT2D eigenvalue weighted by Gasteiger charge is -2.20. The highest BCUT2D eigenvalue weighted by Crippen LogP contribution is 2.25. The summed E-state index contributed by atoms with van der Waals surface area (Å²) in [5, 5.41) is 8.59.